The van der Waals surface area contributed by atoms with Gasteiger partial charge in [0.05, 0.1) is 16.8 Å². The third kappa shape index (κ3) is 5.72. The number of hydrogen-bond acceptors (Lipinski definition) is 2. The van der Waals surface area contributed by atoms with Crippen LogP contribution in [0.1, 0.15) is 22.3 Å². The number of benzene rings is 9. The first-order valence-corrected chi connectivity index (χ1v) is 20.2. The van der Waals surface area contributed by atoms with Crippen molar-refractivity contribution < 1.29 is 0 Å². The summed E-state index contributed by atoms with van der Waals surface area (Å²) < 4.78 is 0. The van der Waals surface area contributed by atoms with E-state index in [-0.39, 0.29) is 0 Å². The van der Waals surface area contributed by atoms with E-state index in [1.54, 1.807) is 0 Å². The molecule has 2 heteroatoms. The maximum Gasteiger partial charge on any atom is 0.160 e. The lowest BCUT2D eigenvalue weighted by Gasteiger charge is -2.34. The highest BCUT2D eigenvalue weighted by Gasteiger charge is 2.46. The van der Waals surface area contributed by atoms with E-state index in [0.29, 0.717) is 5.82 Å². The average molecular weight is 751 g/mol. The molecule has 11 rings (SSSR count). The van der Waals surface area contributed by atoms with E-state index in [9.17, 15) is 0 Å². The Morgan fingerprint density at radius 1 is 0.288 bits per heavy atom. The SMILES string of the molecule is c1ccc(-c2cc(-c3ccc(-c4ccc(-c5cccc6c5-c5ccccc5C6(c5ccccc5)c5ccccc5)cc4)c4ccccc34)nc(-c3ccccc3)n2)cc1. The van der Waals surface area contributed by atoms with Crippen molar-refractivity contribution in [3.63, 3.8) is 0 Å². The predicted molar refractivity (Wildman–Crippen MR) is 244 cm³/mol. The second kappa shape index (κ2) is 14.4. The lowest BCUT2D eigenvalue weighted by atomic mass is 9.67. The van der Waals surface area contributed by atoms with Crippen LogP contribution in [0.15, 0.2) is 231 Å². The van der Waals surface area contributed by atoms with Gasteiger partial charge in [-0.05, 0) is 72.5 Å². The van der Waals surface area contributed by atoms with Crippen molar-refractivity contribution in [3.8, 4) is 67.3 Å². The van der Waals surface area contributed by atoms with Crippen molar-refractivity contribution in [1.82, 2.24) is 9.97 Å². The van der Waals surface area contributed by atoms with Crippen LogP contribution < -0.4 is 0 Å². The van der Waals surface area contributed by atoms with Gasteiger partial charge in [-0.15, -0.1) is 0 Å². The van der Waals surface area contributed by atoms with E-state index in [0.717, 1.165) is 33.5 Å². The summed E-state index contributed by atoms with van der Waals surface area (Å²) in [5.74, 6) is 0.713. The highest BCUT2D eigenvalue weighted by Crippen LogP contribution is 2.58. The van der Waals surface area contributed by atoms with E-state index in [1.165, 1.54) is 61.0 Å². The molecule has 0 N–H and O–H groups in total. The largest absolute Gasteiger partial charge is 0.228 e. The molecule has 1 aromatic heterocycles. The zero-order chi connectivity index (χ0) is 39.2. The molecule has 0 saturated heterocycles. The van der Waals surface area contributed by atoms with E-state index < -0.39 is 5.41 Å². The monoisotopic (exact) mass is 750 g/mol. The van der Waals surface area contributed by atoms with Crippen LogP contribution in [0.5, 0.6) is 0 Å². The second-order valence-electron chi connectivity index (χ2n) is 15.2. The van der Waals surface area contributed by atoms with Gasteiger partial charge in [-0.2, -0.15) is 0 Å². The van der Waals surface area contributed by atoms with Crippen LogP contribution in [0.2, 0.25) is 0 Å². The highest BCUT2D eigenvalue weighted by molar-refractivity contribution is 6.05. The molecule has 9 aromatic carbocycles. The Hall–Kier alpha value is -7.68. The fourth-order valence-electron chi connectivity index (χ4n) is 9.40. The molecule has 0 radical (unpaired) electrons. The first-order chi connectivity index (χ1) is 29.3. The van der Waals surface area contributed by atoms with E-state index in [4.69, 9.17) is 9.97 Å². The highest BCUT2D eigenvalue weighted by atomic mass is 14.9. The Kier molecular flexibility index (Phi) is 8.41. The number of hydrogen-bond donors (Lipinski definition) is 0. The lowest BCUT2D eigenvalue weighted by Crippen LogP contribution is -2.28. The number of aromatic nitrogens is 2. The minimum atomic E-state index is -0.432. The zero-order valence-electron chi connectivity index (χ0n) is 32.3. The van der Waals surface area contributed by atoms with Gasteiger partial charge in [0.1, 0.15) is 0 Å². The summed E-state index contributed by atoms with van der Waals surface area (Å²) in [4.78, 5) is 10.2. The summed E-state index contributed by atoms with van der Waals surface area (Å²) >= 11 is 0. The molecule has 59 heavy (non-hydrogen) atoms. The predicted octanol–water partition coefficient (Wildman–Crippen LogP) is 14.3. The van der Waals surface area contributed by atoms with E-state index in [1.807, 2.05) is 24.3 Å². The van der Waals surface area contributed by atoms with Crippen LogP contribution in [0.25, 0.3) is 78.1 Å². The molecule has 0 aliphatic heterocycles. The van der Waals surface area contributed by atoms with Crippen molar-refractivity contribution in [2.75, 3.05) is 0 Å². The number of fused-ring (bicyclic) bond motifs is 4. The van der Waals surface area contributed by atoms with Crippen molar-refractivity contribution in [2.24, 2.45) is 0 Å². The molecule has 1 heterocycles. The van der Waals surface area contributed by atoms with Gasteiger partial charge in [0.15, 0.2) is 5.82 Å². The number of nitrogens with zero attached hydrogens (tertiary/aromatic N) is 2. The molecule has 0 fully saturated rings. The Bertz CT molecular complexity index is 3020. The lowest BCUT2D eigenvalue weighted by molar-refractivity contribution is 0.768. The number of rotatable bonds is 7. The van der Waals surface area contributed by atoms with Gasteiger partial charge in [0.25, 0.3) is 0 Å². The van der Waals surface area contributed by atoms with Gasteiger partial charge < -0.3 is 0 Å². The van der Waals surface area contributed by atoms with Crippen LogP contribution in [-0.2, 0) is 5.41 Å². The maximum atomic E-state index is 5.18. The van der Waals surface area contributed by atoms with Gasteiger partial charge in [-0.3, -0.25) is 0 Å². The summed E-state index contributed by atoms with van der Waals surface area (Å²) in [5, 5.41) is 2.34. The first-order valence-electron chi connectivity index (χ1n) is 20.2. The van der Waals surface area contributed by atoms with Crippen molar-refractivity contribution in [2.45, 2.75) is 5.41 Å². The van der Waals surface area contributed by atoms with Crippen LogP contribution in [0, 0.1) is 0 Å². The molecule has 0 unspecified atom stereocenters. The molecular weight excluding hydrogens is 713 g/mol. The first kappa shape index (κ1) is 34.6. The van der Waals surface area contributed by atoms with Crippen molar-refractivity contribution in [3.05, 3.63) is 253 Å². The zero-order valence-corrected chi connectivity index (χ0v) is 32.3. The van der Waals surface area contributed by atoms with Crippen LogP contribution in [0.3, 0.4) is 0 Å². The minimum absolute atomic E-state index is 0.432. The van der Waals surface area contributed by atoms with Crippen LogP contribution in [0.4, 0.5) is 0 Å². The Morgan fingerprint density at radius 2 is 0.763 bits per heavy atom. The summed E-state index contributed by atoms with van der Waals surface area (Å²) in [6.45, 7) is 0. The van der Waals surface area contributed by atoms with Crippen LogP contribution in [-0.4, -0.2) is 9.97 Å². The molecule has 0 bridgehead atoms. The molecule has 2 nitrogen and oxygen atoms in total. The van der Waals surface area contributed by atoms with Gasteiger partial charge in [-0.25, -0.2) is 9.97 Å². The second-order valence-corrected chi connectivity index (χ2v) is 15.2. The third-order valence-corrected chi connectivity index (χ3v) is 12.0. The van der Waals surface area contributed by atoms with Crippen LogP contribution >= 0.6 is 0 Å². The molecule has 0 spiro atoms. The van der Waals surface area contributed by atoms with Crippen molar-refractivity contribution >= 4 is 10.8 Å². The summed E-state index contributed by atoms with van der Waals surface area (Å²) in [6.07, 6.45) is 0. The topological polar surface area (TPSA) is 25.8 Å². The molecule has 0 saturated carbocycles. The summed E-state index contributed by atoms with van der Waals surface area (Å²) in [7, 11) is 0. The molecule has 0 atom stereocenters. The van der Waals surface area contributed by atoms with Gasteiger partial charge in [-0.1, -0.05) is 224 Å². The molecule has 1 aliphatic rings. The normalized spacial score (nSPS) is 12.5. The summed E-state index contributed by atoms with van der Waals surface area (Å²) in [5.41, 5.74) is 17.1. The summed E-state index contributed by atoms with van der Waals surface area (Å²) in [6, 6.07) is 82.9. The van der Waals surface area contributed by atoms with Gasteiger partial charge in [0.2, 0.25) is 0 Å². The molecule has 1 aliphatic carbocycles. The maximum absolute atomic E-state index is 5.18. The quantitative estimate of drug-likeness (QED) is 0.162. The Balaban J connectivity index is 1.03. The molecule has 276 valence electrons. The van der Waals surface area contributed by atoms with E-state index >= 15 is 0 Å². The van der Waals surface area contributed by atoms with E-state index in [2.05, 4.69) is 206 Å². The van der Waals surface area contributed by atoms with Crippen molar-refractivity contribution in [1.29, 1.82) is 0 Å². The Labute approximate surface area is 344 Å². The van der Waals surface area contributed by atoms with Gasteiger partial charge in [0, 0.05) is 16.7 Å². The smallest absolute Gasteiger partial charge is 0.160 e. The standard InChI is InChI=1S/C57H38N2/c1-5-18-41(19-6-1)53-38-54(59-56(58-53)42-20-7-2-8-21-42)49-37-36-45(47-26-13-14-27-48(47)49)39-32-34-40(35-33-39)46-29-17-31-52-55(46)50-28-15-16-30-51(50)57(52,43-22-9-3-10-23-43)44-24-11-4-12-25-44/h1-38H. The fourth-order valence-corrected chi connectivity index (χ4v) is 9.40. The average Bonchev–Trinajstić information content (AvgIpc) is 3.63. The molecule has 0 amide bonds. The van der Waals surface area contributed by atoms with Gasteiger partial charge >= 0.3 is 0 Å². The minimum Gasteiger partial charge on any atom is -0.228 e. The Morgan fingerprint density at radius 3 is 1.42 bits per heavy atom. The molecular formula is C57H38N2. The molecule has 10 aromatic rings. The third-order valence-electron chi connectivity index (χ3n) is 12.0. The fraction of sp³-hybridized carbons (Fsp3) is 0.0175.